The Morgan fingerprint density at radius 3 is 2.57 bits per heavy atom. The zero-order valence-corrected chi connectivity index (χ0v) is 16.4. The molecule has 7 heteroatoms. The summed E-state index contributed by atoms with van der Waals surface area (Å²) in [6, 6.07) is 12.7. The molecule has 0 spiro atoms. The minimum atomic E-state index is -0.137. The number of nitrogens with one attached hydrogen (secondary N) is 1. The lowest BCUT2D eigenvalue weighted by atomic mass is 10.1. The Labute approximate surface area is 164 Å². The van der Waals surface area contributed by atoms with E-state index in [9.17, 15) is 9.59 Å². The van der Waals surface area contributed by atoms with Gasteiger partial charge in [-0.15, -0.1) is 0 Å². The molecule has 148 valence electrons. The highest BCUT2D eigenvalue weighted by atomic mass is 16.5. The molecule has 1 heterocycles. The molecule has 2 aromatic carbocycles. The summed E-state index contributed by atoms with van der Waals surface area (Å²) in [7, 11) is 3.18. The minimum Gasteiger partial charge on any atom is -0.493 e. The van der Waals surface area contributed by atoms with E-state index in [0.29, 0.717) is 43.2 Å². The number of hydrogen-bond acceptors (Lipinski definition) is 4. The van der Waals surface area contributed by atoms with Crippen molar-refractivity contribution >= 4 is 17.6 Å². The van der Waals surface area contributed by atoms with Crippen LogP contribution in [0.5, 0.6) is 11.5 Å². The van der Waals surface area contributed by atoms with Crippen LogP contribution in [0, 0.1) is 0 Å². The van der Waals surface area contributed by atoms with E-state index in [1.807, 2.05) is 31.2 Å². The quantitative estimate of drug-likeness (QED) is 0.798. The van der Waals surface area contributed by atoms with Crippen molar-refractivity contribution in [1.82, 2.24) is 10.2 Å². The topological polar surface area (TPSA) is 71.1 Å². The highest BCUT2D eigenvalue weighted by molar-refractivity contribution is 5.98. The summed E-state index contributed by atoms with van der Waals surface area (Å²) in [6.45, 7) is 4.15. The Morgan fingerprint density at radius 2 is 1.93 bits per heavy atom. The predicted molar refractivity (Wildman–Crippen MR) is 107 cm³/mol. The van der Waals surface area contributed by atoms with Crippen LogP contribution in [0.4, 0.5) is 10.5 Å². The van der Waals surface area contributed by atoms with E-state index >= 15 is 0 Å². The van der Waals surface area contributed by atoms with Crippen LogP contribution in [-0.2, 0) is 6.54 Å². The van der Waals surface area contributed by atoms with Gasteiger partial charge in [-0.3, -0.25) is 9.69 Å². The van der Waals surface area contributed by atoms with Gasteiger partial charge in [-0.2, -0.15) is 0 Å². The Morgan fingerprint density at radius 1 is 1.14 bits per heavy atom. The molecule has 2 aromatic rings. The summed E-state index contributed by atoms with van der Waals surface area (Å²) in [4.78, 5) is 28.3. The highest BCUT2D eigenvalue weighted by Crippen LogP contribution is 2.28. The van der Waals surface area contributed by atoms with Gasteiger partial charge in [0.25, 0.3) is 5.91 Å². The van der Waals surface area contributed by atoms with Gasteiger partial charge in [-0.05, 0) is 42.8 Å². The van der Waals surface area contributed by atoms with Crippen molar-refractivity contribution in [2.45, 2.75) is 13.5 Å². The number of hydrogen-bond donors (Lipinski definition) is 1. The lowest BCUT2D eigenvalue weighted by Crippen LogP contribution is -2.31. The molecule has 1 aliphatic rings. The maximum Gasteiger partial charge on any atom is 0.321 e. The molecule has 1 fully saturated rings. The molecule has 7 nitrogen and oxygen atoms in total. The van der Waals surface area contributed by atoms with Crippen LogP contribution in [0.15, 0.2) is 42.5 Å². The van der Waals surface area contributed by atoms with Crippen molar-refractivity contribution in [2.24, 2.45) is 0 Å². The summed E-state index contributed by atoms with van der Waals surface area (Å²) < 4.78 is 10.6. The molecule has 3 rings (SSSR count). The largest absolute Gasteiger partial charge is 0.493 e. The molecule has 3 amide bonds. The first-order chi connectivity index (χ1) is 13.6. The van der Waals surface area contributed by atoms with Gasteiger partial charge >= 0.3 is 6.03 Å². The van der Waals surface area contributed by atoms with Crippen molar-refractivity contribution in [3.8, 4) is 11.5 Å². The maximum absolute atomic E-state index is 13.1. The third kappa shape index (κ3) is 4.03. The molecular formula is C21H25N3O4. The number of benzene rings is 2. The lowest BCUT2D eigenvalue weighted by Gasteiger charge is -2.22. The number of ether oxygens (including phenoxy) is 2. The average Bonchev–Trinajstić information content (AvgIpc) is 3.17. The van der Waals surface area contributed by atoms with E-state index in [-0.39, 0.29) is 11.9 Å². The van der Waals surface area contributed by atoms with Gasteiger partial charge < -0.3 is 19.7 Å². The van der Waals surface area contributed by atoms with Gasteiger partial charge in [-0.25, -0.2) is 4.79 Å². The van der Waals surface area contributed by atoms with Crippen LogP contribution in [0.25, 0.3) is 0 Å². The molecule has 28 heavy (non-hydrogen) atoms. The Balaban J connectivity index is 1.79. The second-order valence-corrected chi connectivity index (χ2v) is 6.44. The summed E-state index contributed by atoms with van der Waals surface area (Å²) in [5, 5.41) is 2.77. The molecular weight excluding hydrogens is 358 g/mol. The second kappa shape index (κ2) is 8.65. The monoisotopic (exact) mass is 383 g/mol. The third-order valence-corrected chi connectivity index (χ3v) is 4.75. The maximum atomic E-state index is 13.1. The average molecular weight is 383 g/mol. The standard InChI is InChI=1S/C21H25N3O4/c1-4-23(14-15-8-9-18(27-2)19(12-15)28-3)20(25)16-6-5-7-17(13-16)24-11-10-22-21(24)26/h5-9,12-13H,4,10-11,14H2,1-3H3,(H,22,26). The first-order valence-electron chi connectivity index (χ1n) is 9.23. The number of nitrogens with zero attached hydrogens (tertiary/aromatic N) is 2. The van der Waals surface area contributed by atoms with E-state index < -0.39 is 0 Å². The molecule has 1 saturated heterocycles. The number of urea groups is 1. The van der Waals surface area contributed by atoms with Gasteiger partial charge in [0, 0.05) is 37.4 Å². The zero-order valence-electron chi connectivity index (χ0n) is 16.4. The molecule has 0 bridgehead atoms. The summed E-state index contributed by atoms with van der Waals surface area (Å²) in [5.41, 5.74) is 2.23. The fourth-order valence-corrected chi connectivity index (χ4v) is 3.23. The highest BCUT2D eigenvalue weighted by Gasteiger charge is 2.23. The van der Waals surface area contributed by atoms with Crippen LogP contribution >= 0.6 is 0 Å². The van der Waals surface area contributed by atoms with Gasteiger partial charge in [0.15, 0.2) is 11.5 Å². The first kappa shape index (κ1) is 19.5. The van der Waals surface area contributed by atoms with Crippen LogP contribution in [-0.4, -0.2) is 50.7 Å². The summed E-state index contributed by atoms with van der Waals surface area (Å²) >= 11 is 0. The number of carbonyl (C=O) groups excluding carboxylic acids is 2. The summed E-state index contributed by atoms with van der Waals surface area (Å²) in [6.07, 6.45) is 0. The number of amides is 3. The van der Waals surface area contributed by atoms with Crippen LogP contribution in [0.1, 0.15) is 22.8 Å². The van der Waals surface area contributed by atoms with Gasteiger partial charge in [0.1, 0.15) is 0 Å². The summed E-state index contributed by atoms with van der Waals surface area (Å²) in [5.74, 6) is 1.20. The smallest absolute Gasteiger partial charge is 0.321 e. The minimum absolute atomic E-state index is 0.0845. The number of carbonyl (C=O) groups is 2. The van der Waals surface area contributed by atoms with E-state index in [0.717, 1.165) is 11.3 Å². The Bertz CT molecular complexity index is 868. The molecule has 0 aromatic heterocycles. The molecule has 0 atom stereocenters. The van der Waals surface area contributed by atoms with Crippen LogP contribution < -0.4 is 19.7 Å². The van der Waals surface area contributed by atoms with Gasteiger partial charge in [0.2, 0.25) is 0 Å². The molecule has 1 aliphatic heterocycles. The molecule has 0 saturated carbocycles. The van der Waals surface area contributed by atoms with Crippen LogP contribution in [0.3, 0.4) is 0 Å². The van der Waals surface area contributed by atoms with E-state index in [1.165, 1.54) is 0 Å². The molecule has 0 radical (unpaired) electrons. The van der Waals surface area contributed by atoms with Crippen molar-refractivity contribution in [3.63, 3.8) is 0 Å². The Hall–Kier alpha value is -3.22. The van der Waals surface area contributed by atoms with Crippen molar-refractivity contribution < 1.29 is 19.1 Å². The van der Waals surface area contributed by atoms with Crippen molar-refractivity contribution in [2.75, 3.05) is 38.8 Å². The number of anilines is 1. The molecule has 0 aliphatic carbocycles. The molecule has 1 N–H and O–H groups in total. The zero-order chi connectivity index (χ0) is 20.1. The van der Waals surface area contributed by atoms with E-state index in [2.05, 4.69) is 5.32 Å². The predicted octanol–water partition coefficient (Wildman–Crippen LogP) is 2.90. The number of methoxy groups -OCH3 is 2. The second-order valence-electron chi connectivity index (χ2n) is 6.44. The van der Waals surface area contributed by atoms with E-state index in [1.54, 1.807) is 42.2 Å². The van der Waals surface area contributed by atoms with E-state index in [4.69, 9.17) is 9.47 Å². The lowest BCUT2D eigenvalue weighted by molar-refractivity contribution is 0.0752. The Kier molecular flexibility index (Phi) is 6.03. The fourth-order valence-electron chi connectivity index (χ4n) is 3.23. The SMILES string of the molecule is CCN(Cc1ccc(OC)c(OC)c1)C(=O)c1cccc(N2CCNC2=O)c1. The number of rotatable bonds is 7. The van der Waals surface area contributed by atoms with Gasteiger partial charge in [0.05, 0.1) is 14.2 Å². The fraction of sp³-hybridized carbons (Fsp3) is 0.333. The van der Waals surface area contributed by atoms with Crippen molar-refractivity contribution in [1.29, 1.82) is 0 Å². The van der Waals surface area contributed by atoms with Gasteiger partial charge in [-0.1, -0.05) is 12.1 Å². The van der Waals surface area contributed by atoms with Crippen LogP contribution in [0.2, 0.25) is 0 Å². The first-order valence-corrected chi connectivity index (χ1v) is 9.23. The third-order valence-electron chi connectivity index (χ3n) is 4.75. The normalized spacial score (nSPS) is 13.2. The van der Waals surface area contributed by atoms with Crippen molar-refractivity contribution in [3.05, 3.63) is 53.6 Å². The molecule has 0 unspecified atom stereocenters.